The molecule has 0 spiro atoms. The van der Waals surface area contributed by atoms with Crippen molar-refractivity contribution in [3.63, 3.8) is 0 Å². The lowest BCUT2D eigenvalue weighted by Gasteiger charge is -2.11. The highest BCUT2D eigenvalue weighted by molar-refractivity contribution is 6.31. The monoisotopic (exact) mass is 457 g/mol. The molecule has 0 radical (unpaired) electrons. The lowest BCUT2D eigenvalue weighted by Crippen LogP contribution is -1.87. The second-order valence-electron chi connectivity index (χ2n) is 9.85. The van der Waals surface area contributed by atoms with Gasteiger partial charge in [-0.15, -0.1) is 0 Å². The van der Waals surface area contributed by atoms with Crippen molar-refractivity contribution in [2.75, 3.05) is 0 Å². The molecule has 0 N–H and O–H groups in total. The first-order valence-electron chi connectivity index (χ1n) is 12.5. The molecule has 0 fully saturated rings. The van der Waals surface area contributed by atoms with Crippen LogP contribution in [0.25, 0.3) is 71.1 Å². The van der Waals surface area contributed by atoms with Crippen LogP contribution in [0.2, 0.25) is 0 Å². The Morgan fingerprint density at radius 2 is 1.19 bits per heavy atom. The number of hydrogen-bond acceptors (Lipinski definition) is 0. The maximum absolute atomic E-state index is 2.47. The van der Waals surface area contributed by atoms with E-state index in [9.17, 15) is 0 Å². The first-order chi connectivity index (χ1) is 17.8. The molecular weight excluding hydrogens is 434 g/mol. The summed E-state index contributed by atoms with van der Waals surface area (Å²) in [6.07, 6.45) is 0. The summed E-state index contributed by atoms with van der Waals surface area (Å²) >= 11 is 0. The van der Waals surface area contributed by atoms with E-state index in [-0.39, 0.29) is 0 Å². The van der Waals surface area contributed by atoms with Crippen LogP contribution in [0.4, 0.5) is 0 Å². The molecule has 168 valence electrons. The molecule has 8 rings (SSSR count). The maximum Gasteiger partial charge on any atom is 0.0626 e. The molecule has 2 heterocycles. The Labute approximate surface area is 209 Å². The van der Waals surface area contributed by atoms with Crippen molar-refractivity contribution in [2.45, 2.75) is 6.92 Å². The molecule has 2 aromatic heterocycles. The molecule has 0 bridgehead atoms. The molecule has 0 atom stereocenters. The van der Waals surface area contributed by atoms with Crippen LogP contribution in [0.15, 0.2) is 121 Å². The third kappa shape index (κ3) is 2.60. The Kier molecular flexibility index (Phi) is 3.93. The zero-order valence-electron chi connectivity index (χ0n) is 20.0. The van der Waals surface area contributed by atoms with Crippen LogP contribution in [-0.2, 0) is 0 Å². The summed E-state index contributed by atoms with van der Waals surface area (Å²) < 4.78 is 2.47. The van der Waals surface area contributed by atoms with Crippen LogP contribution in [0.1, 0.15) is 5.56 Å². The standard InChI is InChI=1S/C35H23N/c1-22-15-16-24(23-9-3-2-4-10-23)19-29(22)26-17-18-33-31(21-26)34-27-12-6-5-11-25(27)20-30-28-13-7-8-14-32(28)36(33)35(30)34/h2-21H,1H3. The summed E-state index contributed by atoms with van der Waals surface area (Å²) in [5, 5.41) is 7.94. The van der Waals surface area contributed by atoms with Crippen LogP contribution in [-0.4, -0.2) is 4.40 Å². The summed E-state index contributed by atoms with van der Waals surface area (Å²) in [5.74, 6) is 0. The van der Waals surface area contributed by atoms with Crippen molar-refractivity contribution < 1.29 is 0 Å². The normalized spacial score (nSPS) is 12.0. The summed E-state index contributed by atoms with van der Waals surface area (Å²) in [6, 6.07) is 44.5. The molecule has 6 aromatic carbocycles. The third-order valence-electron chi connectivity index (χ3n) is 7.84. The molecule has 0 amide bonds. The Hall–Kier alpha value is -4.62. The van der Waals surface area contributed by atoms with Crippen LogP contribution in [0.5, 0.6) is 0 Å². The second kappa shape index (κ2) is 7.19. The van der Waals surface area contributed by atoms with Crippen molar-refractivity contribution in [2.24, 2.45) is 0 Å². The first-order valence-corrected chi connectivity index (χ1v) is 12.5. The van der Waals surface area contributed by atoms with Crippen molar-refractivity contribution in [3.8, 4) is 22.3 Å². The fourth-order valence-corrected chi connectivity index (χ4v) is 6.16. The van der Waals surface area contributed by atoms with Crippen molar-refractivity contribution in [3.05, 3.63) is 127 Å². The summed E-state index contributed by atoms with van der Waals surface area (Å²) in [4.78, 5) is 0. The van der Waals surface area contributed by atoms with Gasteiger partial charge in [-0.05, 0) is 75.8 Å². The molecular formula is C35H23N. The molecule has 0 unspecified atom stereocenters. The average Bonchev–Trinajstić information content (AvgIpc) is 3.45. The molecule has 1 heteroatoms. The van der Waals surface area contributed by atoms with Gasteiger partial charge in [0, 0.05) is 21.5 Å². The van der Waals surface area contributed by atoms with Gasteiger partial charge in [-0.25, -0.2) is 0 Å². The number of aryl methyl sites for hydroxylation is 1. The van der Waals surface area contributed by atoms with Crippen LogP contribution in [0, 0.1) is 6.92 Å². The van der Waals surface area contributed by atoms with E-state index >= 15 is 0 Å². The number of benzene rings is 6. The average molecular weight is 458 g/mol. The quantitative estimate of drug-likeness (QED) is 0.243. The van der Waals surface area contributed by atoms with Crippen LogP contribution in [0.3, 0.4) is 0 Å². The topological polar surface area (TPSA) is 4.41 Å². The van der Waals surface area contributed by atoms with Gasteiger partial charge in [-0.1, -0.05) is 91.0 Å². The van der Waals surface area contributed by atoms with Crippen molar-refractivity contribution in [1.29, 1.82) is 0 Å². The molecule has 1 nitrogen and oxygen atoms in total. The maximum atomic E-state index is 2.47. The number of hydrogen-bond donors (Lipinski definition) is 0. The smallest absolute Gasteiger partial charge is 0.0626 e. The molecule has 8 aromatic rings. The van der Waals surface area contributed by atoms with E-state index in [2.05, 4.69) is 133 Å². The molecule has 0 saturated carbocycles. The van der Waals surface area contributed by atoms with Gasteiger partial charge in [0.05, 0.1) is 16.6 Å². The number of aromatic nitrogens is 1. The highest BCUT2D eigenvalue weighted by Crippen LogP contribution is 2.44. The highest BCUT2D eigenvalue weighted by atomic mass is 14.9. The molecule has 0 aliphatic rings. The van der Waals surface area contributed by atoms with E-state index in [0.29, 0.717) is 0 Å². The minimum absolute atomic E-state index is 1.25. The predicted octanol–water partition coefficient (Wildman–Crippen LogP) is 9.63. The SMILES string of the molecule is Cc1ccc(-c2ccccc2)cc1-c1ccc2c(c1)c1c3ccccc3cc3c4ccccc4n2c31. The van der Waals surface area contributed by atoms with Crippen molar-refractivity contribution >= 4 is 48.9 Å². The van der Waals surface area contributed by atoms with Gasteiger partial charge in [0.2, 0.25) is 0 Å². The summed E-state index contributed by atoms with van der Waals surface area (Å²) in [5.41, 5.74) is 10.2. The van der Waals surface area contributed by atoms with Gasteiger partial charge in [-0.2, -0.15) is 0 Å². The Balaban J connectivity index is 1.49. The Morgan fingerprint density at radius 3 is 2.08 bits per heavy atom. The van der Waals surface area contributed by atoms with Crippen LogP contribution >= 0.6 is 0 Å². The predicted molar refractivity (Wildman–Crippen MR) is 154 cm³/mol. The van der Waals surface area contributed by atoms with E-state index in [1.807, 2.05) is 0 Å². The minimum Gasteiger partial charge on any atom is -0.308 e. The summed E-state index contributed by atoms with van der Waals surface area (Å²) in [7, 11) is 0. The minimum atomic E-state index is 1.25. The highest BCUT2D eigenvalue weighted by Gasteiger charge is 2.20. The Morgan fingerprint density at radius 1 is 0.472 bits per heavy atom. The van der Waals surface area contributed by atoms with E-state index < -0.39 is 0 Å². The number of nitrogens with zero attached hydrogens (tertiary/aromatic N) is 1. The van der Waals surface area contributed by atoms with Gasteiger partial charge in [-0.3, -0.25) is 0 Å². The Bertz CT molecular complexity index is 2090. The molecule has 0 aliphatic heterocycles. The van der Waals surface area contributed by atoms with E-state index in [1.165, 1.54) is 76.7 Å². The molecule has 36 heavy (non-hydrogen) atoms. The largest absolute Gasteiger partial charge is 0.308 e. The van der Waals surface area contributed by atoms with Gasteiger partial charge in [0.25, 0.3) is 0 Å². The number of para-hydroxylation sites is 1. The number of fused-ring (bicyclic) bond motifs is 8. The van der Waals surface area contributed by atoms with Gasteiger partial charge in [0.1, 0.15) is 0 Å². The lowest BCUT2D eigenvalue weighted by molar-refractivity contribution is 1.37. The fraction of sp³-hybridized carbons (Fsp3) is 0.0286. The molecule has 0 aliphatic carbocycles. The van der Waals surface area contributed by atoms with E-state index in [1.54, 1.807) is 0 Å². The number of rotatable bonds is 2. The second-order valence-corrected chi connectivity index (χ2v) is 9.85. The third-order valence-corrected chi connectivity index (χ3v) is 7.84. The van der Waals surface area contributed by atoms with Gasteiger partial charge >= 0.3 is 0 Å². The molecule has 0 saturated heterocycles. The zero-order valence-corrected chi connectivity index (χ0v) is 20.0. The summed E-state index contributed by atoms with van der Waals surface area (Å²) in [6.45, 7) is 2.21. The van der Waals surface area contributed by atoms with Crippen molar-refractivity contribution in [1.82, 2.24) is 4.40 Å². The lowest BCUT2D eigenvalue weighted by atomic mass is 9.93. The fourth-order valence-electron chi connectivity index (χ4n) is 6.16. The van der Waals surface area contributed by atoms with Gasteiger partial charge in [0.15, 0.2) is 0 Å². The van der Waals surface area contributed by atoms with E-state index in [4.69, 9.17) is 0 Å². The first kappa shape index (κ1) is 19.7. The van der Waals surface area contributed by atoms with E-state index in [0.717, 1.165) is 0 Å². The van der Waals surface area contributed by atoms with Crippen LogP contribution < -0.4 is 0 Å². The van der Waals surface area contributed by atoms with Gasteiger partial charge < -0.3 is 4.40 Å². The zero-order chi connectivity index (χ0) is 23.8.